The minimum absolute atomic E-state index is 0. The van der Waals surface area contributed by atoms with Gasteiger partial charge in [-0.1, -0.05) is 73.3 Å². The van der Waals surface area contributed by atoms with E-state index in [0.717, 1.165) is 163 Å². The Hall–Kier alpha value is -7.07. The normalized spacial score (nSPS) is 17.8. The van der Waals surface area contributed by atoms with E-state index in [0.29, 0.717) is 64.3 Å². The number of nitrogens with one attached hydrogen (secondary N) is 5. The van der Waals surface area contributed by atoms with Gasteiger partial charge in [0.1, 0.15) is 55.1 Å². The summed E-state index contributed by atoms with van der Waals surface area (Å²) >= 11 is 22.8. The number of thiazole rings is 3. The van der Waals surface area contributed by atoms with Crippen molar-refractivity contribution < 1.29 is 140 Å². The predicted molar refractivity (Wildman–Crippen MR) is 471 cm³/mol. The van der Waals surface area contributed by atoms with Crippen LogP contribution < -0.4 is 91.0 Å². The van der Waals surface area contributed by atoms with Crippen LogP contribution in [0.3, 0.4) is 0 Å². The summed E-state index contributed by atoms with van der Waals surface area (Å²) in [4.78, 5) is 31.6. The number of aliphatic hydroxyl groups is 2. The molecule has 0 spiro atoms. The van der Waals surface area contributed by atoms with Gasteiger partial charge in [0.15, 0.2) is 15.4 Å². The largest absolute Gasteiger partial charge is 1.00 e. The van der Waals surface area contributed by atoms with Gasteiger partial charge in [0, 0.05) is 107 Å². The van der Waals surface area contributed by atoms with Crippen molar-refractivity contribution in [2.24, 2.45) is 0 Å². The number of carbonyl (C=O) groups is 2. The molecule has 0 amide bonds. The number of likely N-dealkylation sites (N-methyl/N-ethyl adjacent to an activating group) is 3. The molecule has 33 nitrogen and oxygen atoms in total. The van der Waals surface area contributed by atoms with Crippen LogP contribution >= 0.6 is 68.8 Å². The quantitative estimate of drug-likeness (QED) is 0.0118. The van der Waals surface area contributed by atoms with Crippen LogP contribution in [0.15, 0.2) is 122 Å². The molecule has 5 aromatic carbocycles. The van der Waals surface area contributed by atoms with E-state index >= 15 is 8.78 Å². The average molecular weight is 1970 g/mol. The number of anilines is 6. The molecule has 0 radical (unpaired) electrons. The van der Waals surface area contributed by atoms with E-state index in [1.165, 1.54) is 47.0 Å². The summed E-state index contributed by atoms with van der Waals surface area (Å²) in [5, 5.41) is 53.3. The number of ether oxygens (including phenoxy) is 5. The molecule has 6 atom stereocenters. The molecule has 3 aliphatic carbocycles. The molecule has 127 heavy (non-hydrogen) atoms. The van der Waals surface area contributed by atoms with Crippen LogP contribution in [0.1, 0.15) is 130 Å². The second kappa shape index (κ2) is 50.5. The average Bonchev–Trinajstić information content (AvgIpc) is 1.18. The minimum Gasteiger partial charge on any atom is -0.497 e. The second-order valence-electron chi connectivity index (χ2n) is 31.0. The van der Waals surface area contributed by atoms with Crippen molar-refractivity contribution in [2.75, 3.05) is 98.6 Å². The summed E-state index contributed by atoms with van der Waals surface area (Å²) in [7, 11) is -6.09. The van der Waals surface area contributed by atoms with Gasteiger partial charge in [-0.3, -0.25) is 24.1 Å². The molecule has 47 heteroatoms. The van der Waals surface area contributed by atoms with E-state index in [4.69, 9.17) is 96.9 Å². The summed E-state index contributed by atoms with van der Waals surface area (Å²) in [6.07, 6.45) is 16.2. The molecule has 0 unspecified atom stereocenters. The van der Waals surface area contributed by atoms with Crippen molar-refractivity contribution in [3.63, 3.8) is 0 Å². The SMILES string of the molecule is CC1(C)CO1.CN(CC(C)(C)O)[C@H]1CCCC[C@@H]1Nc1cc(F)c(S(=O)(=O)Nc2nccs2)cc1Cl.CN[C@H]1CCCC[C@@H]1Nc1cc(F)c(S(=O)(=O)N(Cc2ccc(OC)cc2OC)c2nccs2)cc1Cl.COc1ccc(CN(c2nccs2)S(=O)(=O)c2cc(Cl)c(N[C@H]3CCCC[C@@H]3N(C)CC(C)(C)O)cc2F)c(OC)c1.O=CO.O=CO.[Li+].[O-][Cl+3]([O-])([O-])[O-]. The first kappa shape index (κ1) is 110. The van der Waals surface area contributed by atoms with Crippen molar-refractivity contribution >= 4 is 144 Å². The molecule has 1 saturated heterocycles. The molecule has 1 aliphatic heterocycles. The summed E-state index contributed by atoms with van der Waals surface area (Å²) in [6, 6.07) is 17.4. The van der Waals surface area contributed by atoms with E-state index in [2.05, 4.69) is 64.6 Å². The van der Waals surface area contributed by atoms with E-state index < -0.39 is 83.7 Å². The Morgan fingerprint density at radius 3 is 1.19 bits per heavy atom. The molecule has 3 aromatic heterocycles. The Balaban J connectivity index is 0.000000311. The standard InChI is InChI=1S/C29H38ClFN4O5S2.C25H30ClFN4O4S2.C20H28ClFN4O3S2.C4H8O.2CH2O2.ClHO4.Li/c1-29(2,36)18-34(3)25-9-7-6-8-23(25)33-24-16-22(31)27(15-21(24)30)42(37,38)35(28-32-12-13-41-28)17-19-10-11-20(39-4)14-26(19)40-5;1-28-20-6-4-5-7-21(20)30-22-14-19(27)24(13-18(22)26)37(32,33)31(25-29-10-11-36-25)15-16-8-9-17(34-2)12-23(16)35-3;1-20(2,27)12-26(3)17-7-5-4-6-15(17)24-16-11-14(22)18(10-13(16)21)31(28,29)25-19-23-8-9-30-19;1-4(2)3-5-4;2*2-1-3;2-1(3,4)5;/h10-16,23,25,33,36H,6-9,17-18H2,1-5H3;8-14,20-21,28,30H,4-7,15H2,1-3H3;8-11,15,17,24,27H,4-7,12H2,1-3H3,(H,23,25);3H2,1-2H3;2*1H,(H,2,3);(H,2,3,4,5);/q;;;;;;;+1/p-1/t23-,25-;20-,21-;15-,17-;;;;;/m000...../s1. The zero-order valence-electron chi connectivity index (χ0n) is 72.5. The zero-order chi connectivity index (χ0) is 93.9. The van der Waals surface area contributed by atoms with Gasteiger partial charge in [-0.15, -0.1) is 44.3 Å². The van der Waals surface area contributed by atoms with Crippen molar-refractivity contribution in [2.45, 2.75) is 199 Å². The number of sulfonamides is 3. The van der Waals surface area contributed by atoms with Crippen molar-refractivity contribution in [1.82, 2.24) is 30.1 Å². The molecule has 0 bridgehead atoms. The molecule has 9 N–H and O–H groups in total. The van der Waals surface area contributed by atoms with Crippen molar-refractivity contribution in [1.29, 1.82) is 0 Å². The van der Waals surface area contributed by atoms with E-state index in [-0.39, 0.29) is 117 Å². The number of hydrogen-bond acceptors (Lipinski definition) is 31. The third-order valence-corrected chi connectivity index (χ3v) is 28.2. The summed E-state index contributed by atoms with van der Waals surface area (Å²) < 4.78 is 191. The fourth-order valence-corrected chi connectivity index (χ4v) is 21.5. The first-order valence-electron chi connectivity index (χ1n) is 39.0. The fourth-order valence-electron chi connectivity index (χ4n) is 14.1. The molecule has 3 saturated carbocycles. The fraction of sp³-hybridized carbons (Fsp3) is 0.487. The number of rotatable bonds is 30. The van der Waals surface area contributed by atoms with Gasteiger partial charge >= 0.3 is 18.9 Å². The van der Waals surface area contributed by atoms with Gasteiger partial charge in [-0.05, 0) is 162 Å². The number of aromatic nitrogens is 3. The molecule has 4 fully saturated rings. The topological polar surface area (TPSA) is 471 Å². The van der Waals surface area contributed by atoms with Crippen LogP contribution in [0, 0.1) is 27.7 Å². The molecule has 700 valence electrons. The van der Waals surface area contributed by atoms with Gasteiger partial charge in [0.2, 0.25) is 0 Å². The van der Waals surface area contributed by atoms with Gasteiger partial charge in [-0.25, -0.2) is 80.6 Å². The maximum Gasteiger partial charge on any atom is 1.00 e. The smallest absolute Gasteiger partial charge is 0.497 e. The molecular formula is C80H108Cl4F3LiN12O21S6. The van der Waals surface area contributed by atoms with E-state index in [9.17, 15) is 39.9 Å². The number of nitrogens with zero attached hydrogens (tertiary/aromatic N) is 7. The molecule has 4 aliphatic rings. The summed E-state index contributed by atoms with van der Waals surface area (Å²) in [5.41, 5.74) is 0.682. The van der Waals surface area contributed by atoms with Crippen molar-refractivity contribution in [3.05, 3.63) is 151 Å². The summed E-state index contributed by atoms with van der Waals surface area (Å²) in [6.45, 7) is 12.3. The Kier molecular flexibility index (Phi) is 43.9. The Bertz CT molecular complexity index is 5100. The monoisotopic (exact) mass is 1970 g/mol. The molecule has 12 rings (SSSR count). The third kappa shape index (κ3) is 34.6. The number of hydrogen-bond donors (Lipinski definition) is 9. The maximum absolute atomic E-state index is 15.7. The Morgan fingerprint density at radius 2 is 0.874 bits per heavy atom. The zero-order valence-corrected chi connectivity index (χ0v) is 80.4. The van der Waals surface area contributed by atoms with Crippen LogP contribution in [-0.2, 0) is 57.5 Å². The molecular weight excluding hydrogens is 1860 g/mol. The summed E-state index contributed by atoms with van der Waals surface area (Å²) in [5.74, 6) is -0.765. The minimum atomic E-state index is -4.94. The van der Waals surface area contributed by atoms with Gasteiger partial charge < -0.3 is 65.4 Å². The molecule has 4 heterocycles. The first-order chi connectivity index (χ1) is 59.1. The molecule has 8 aromatic rings. The second-order valence-corrected chi connectivity index (χ2v) is 40.9. The van der Waals surface area contributed by atoms with Crippen LogP contribution in [0.4, 0.5) is 45.6 Å². The Morgan fingerprint density at radius 1 is 0.551 bits per heavy atom. The predicted octanol–water partition coefficient (Wildman–Crippen LogP) is 7.67. The number of epoxide rings is 1. The van der Waals surface area contributed by atoms with Crippen molar-refractivity contribution in [3.8, 4) is 23.0 Å². The van der Waals surface area contributed by atoms with Crippen LogP contribution in [0.5, 0.6) is 23.0 Å². The Labute approximate surface area is 780 Å². The third-order valence-electron chi connectivity index (χ3n) is 19.8. The number of methoxy groups -OCH3 is 4. The van der Waals surface area contributed by atoms with E-state index in [1.54, 1.807) is 80.2 Å². The van der Waals surface area contributed by atoms with Crippen LogP contribution in [0.25, 0.3) is 0 Å². The van der Waals surface area contributed by atoms with Gasteiger partial charge in [0.25, 0.3) is 43.0 Å². The van der Waals surface area contributed by atoms with Gasteiger partial charge in [-0.2, -0.15) is 0 Å². The van der Waals surface area contributed by atoms with Crippen LogP contribution in [0.2, 0.25) is 15.1 Å². The number of halogens is 7. The van der Waals surface area contributed by atoms with E-state index in [1.807, 2.05) is 21.1 Å². The van der Waals surface area contributed by atoms with Gasteiger partial charge in [0.05, 0.1) is 97.1 Å². The van der Waals surface area contributed by atoms with Crippen LogP contribution in [-0.4, -0.2) is 206 Å². The maximum atomic E-state index is 15.7. The number of benzene rings is 5. The first-order valence-corrected chi connectivity index (χ1v) is 48.4. The number of carboxylic acid groups (broad SMARTS) is 2.